The lowest BCUT2D eigenvalue weighted by molar-refractivity contribution is -0.142. The Morgan fingerprint density at radius 3 is 2.75 bits per heavy atom. The summed E-state index contributed by atoms with van der Waals surface area (Å²) in [6, 6.07) is 6.72. The van der Waals surface area contributed by atoms with Crippen LogP contribution in [0.2, 0.25) is 0 Å². The van der Waals surface area contributed by atoms with Gasteiger partial charge in [-0.25, -0.2) is 9.78 Å². The zero-order chi connectivity index (χ0) is 17.1. The molecule has 1 aliphatic rings. The number of carbonyl (C=O) groups excluding carboxylic acids is 1. The first-order chi connectivity index (χ1) is 11.6. The predicted molar refractivity (Wildman–Crippen MR) is 97.6 cm³/mol. The number of rotatable bonds is 8. The van der Waals surface area contributed by atoms with Gasteiger partial charge in [0.2, 0.25) is 5.91 Å². The van der Waals surface area contributed by atoms with E-state index in [1.165, 1.54) is 11.3 Å². The smallest absolute Gasteiger partial charge is 0.326 e. The normalized spacial score (nSPS) is 16.7. The lowest BCUT2D eigenvalue weighted by atomic mass is 10.0. The molecule has 0 bridgehead atoms. The van der Waals surface area contributed by atoms with Crippen molar-refractivity contribution in [2.75, 3.05) is 5.75 Å². The quantitative estimate of drug-likeness (QED) is 0.629. The van der Waals surface area contributed by atoms with E-state index < -0.39 is 12.0 Å². The summed E-state index contributed by atoms with van der Waals surface area (Å²) in [6.45, 7) is 0. The van der Waals surface area contributed by atoms with E-state index in [4.69, 9.17) is 0 Å². The number of hydrogen-bond donors (Lipinski definition) is 3. The van der Waals surface area contributed by atoms with Crippen molar-refractivity contribution in [2.45, 2.75) is 31.7 Å². The van der Waals surface area contributed by atoms with Gasteiger partial charge >= 0.3 is 5.97 Å². The van der Waals surface area contributed by atoms with Crippen LogP contribution in [-0.2, 0) is 16.0 Å². The van der Waals surface area contributed by atoms with Crippen molar-refractivity contribution in [2.24, 2.45) is 11.8 Å². The molecular formula is C17H20N2O3S2. The maximum Gasteiger partial charge on any atom is 0.326 e. The van der Waals surface area contributed by atoms with Crippen molar-refractivity contribution in [3.05, 3.63) is 29.3 Å². The number of aliphatic carboxylic acids is 1. The third-order valence-corrected chi connectivity index (χ3v) is 5.74. The van der Waals surface area contributed by atoms with Crippen LogP contribution in [0.3, 0.4) is 0 Å². The third kappa shape index (κ3) is 4.27. The molecule has 7 heteroatoms. The van der Waals surface area contributed by atoms with Crippen molar-refractivity contribution in [1.29, 1.82) is 0 Å². The van der Waals surface area contributed by atoms with Gasteiger partial charge < -0.3 is 10.4 Å². The minimum Gasteiger partial charge on any atom is -0.480 e. The minimum atomic E-state index is -1.04. The summed E-state index contributed by atoms with van der Waals surface area (Å²) >= 11 is 5.71. The monoisotopic (exact) mass is 364 g/mol. The Kier molecular flexibility index (Phi) is 5.40. The average Bonchev–Trinajstić information content (AvgIpc) is 3.28. The highest BCUT2D eigenvalue weighted by atomic mass is 32.1. The molecule has 1 aromatic carbocycles. The van der Waals surface area contributed by atoms with Crippen LogP contribution in [0.4, 0.5) is 0 Å². The Morgan fingerprint density at radius 1 is 1.38 bits per heavy atom. The number of carboxylic acids is 1. The molecule has 2 atom stereocenters. The number of thiol groups is 1. The number of amides is 1. The van der Waals surface area contributed by atoms with Crippen LogP contribution in [0.5, 0.6) is 0 Å². The Morgan fingerprint density at radius 2 is 2.12 bits per heavy atom. The summed E-state index contributed by atoms with van der Waals surface area (Å²) in [5.41, 5.74) is 0.856. The highest BCUT2D eigenvalue weighted by molar-refractivity contribution is 7.80. The number of benzene rings is 1. The molecule has 1 saturated carbocycles. The first kappa shape index (κ1) is 17.2. The summed E-state index contributed by atoms with van der Waals surface area (Å²) in [6.07, 6.45) is 3.31. The standard InChI is InChI=1S/C17H20N2O3S2/c20-16(11(9-23)7-10-5-6-10)19-13(17(21)22)8-15-18-12-3-1-2-4-14(12)24-15/h1-4,10-11,13,23H,5-9H2,(H,19,20)(H,21,22)/t11-,13+/m1/s1. The molecule has 1 aromatic heterocycles. The van der Waals surface area contributed by atoms with Gasteiger partial charge in [-0.1, -0.05) is 25.0 Å². The molecule has 1 amide bonds. The molecule has 0 unspecified atom stereocenters. The summed E-state index contributed by atoms with van der Waals surface area (Å²) < 4.78 is 1.02. The highest BCUT2D eigenvalue weighted by Gasteiger charge is 2.31. The van der Waals surface area contributed by atoms with E-state index in [0.717, 1.165) is 29.5 Å². The van der Waals surface area contributed by atoms with Crippen LogP contribution in [0.15, 0.2) is 24.3 Å². The lowest BCUT2D eigenvalue weighted by Gasteiger charge is -2.18. The fourth-order valence-corrected chi connectivity index (χ4v) is 4.02. The number of nitrogens with one attached hydrogen (secondary N) is 1. The Bertz CT molecular complexity index is 709. The molecule has 0 radical (unpaired) electrons. The molecule has 0 spiro atoms. The Hall–Kier alpha value is -1.60. The second-order valence-corrected chi connectivity index (χ2v) is 7.72. The topological polar surface area (TPSA) is 79.3 Å². The molecule has 0 saturated heterocycles. The van der Waals surface area contributed by atoms with Gasteiger partial charge in [0.05, 0.1) is 15.2 Å². The number of hydrogen-bond acceptors (Lipinski definition) is 5. The van der Waals surface area contributed by atoms with Crippen molar-refractivity contribution in [3.63, 3.8) is 0 Å². The van der Waals surface area contributed by atoms with Gasteiger partial charge in [0.15, 0.2) is 0 Å². The van der Waals surface area contributed by atoms with E-state index in [-0.39, 0.29) is 18.2 Å². The van der Waals surface area contributed by atoms with Crippen molar-refractivity contribution < 1.29 is 14.7 Å². The van der Waals surface area contributed by atoms with Crippen LogP contribution in [0, 0.1) is 11.8 Å². The molecule has 1 fully saturated rings. The zero-order valence-corrected chi connectivity index (χ0v) is 14.9. The second-order valence-electron chi connectivity index (χ2n) is 6.24. The van der Waals surface area contributed by atoms with Gasteiger partial charge in [0.1, 0.15) is 6.04 Å². The molecule has 24 heavy (non-hydrogen) atoms. The van der Waals surface area contributed by atoms with E-state index in [2.05, 4.69) is 22.9 Å². The molecule has 1 heterocycles. The van der Waals surface area contributed by atoms with Crippen molar-refractivity contribution in [3.8, 4) is 0 Å². The van der Waals surface area contributed by atoms with E-state index in [9.17, 15) is 14.7 Å². The summed E-state index contributed by atoms with van der Waals surface area (Å²) in [4.78, 5) is 28.4. The number of para-hydroxylation sites is 1. The fraction of sp³-hybridized carbons (Fsp3) is 0.471. The Labute approximate surface area is 149 Å². The number of carbonyl (C=O) groups is 2. The maximum absolute atomic E-state index is 12.4. The molecule has 3 rings (SSSR count). The Balaban J connectivity index is 1.67. The van der Waals surface area contributed by atoms with Crippen LogP contribution in [0.25, 0.3) is 10.2 Å². The third-order valence-electron chi connectivity index (χ3n) is 4.24. The van der Waals surface area contributed by atoms with Gasteiger partial charge in [-0.2, -0.15) is 12.6 Å². The maximum atomic E-state index is 12.4. The molecule has 0 aliphatic heterocycles. The predicted octanol–water partition coefficient (Wildman–Crippen LogP) is 2.75. The molecule has 1 aliphatic carbocycles. The van der Waals surface area contributed by atoms with Crippen molar-refractivity contribution in [1.82, 2.24) is 10.3 Å². The van der Waals surface area contributed by atoms with Gasteiger partial charge in [0, 0.05) is 18.1 Å². The van der Waals surface area contributed by atoms with E-state index in [1.807, 2.05) is 24.3 Å². The number of fused-ring (bicyclic) bond motifs is 1. The fourth-order valence-electron chi connectivity index (χ4n) is 2.69. The van der Waals surface area contributed by atoms with E-state index in [1.54, 1.807) is 0 Å². The van der Waals surface area contributed by atoms with Crippen LogP contribution in [0.1, 0.15) is 24.3 Å². The van der Waals surface area contributed by atoms with Crippen LogP contribution >= 0.6 is 24.0 Å². The summed E-state index contributed by atoms with van der Waals surface area (Å²) in [7, 11) is 0. The SMILES string of the molecule is O=C(N[C@@H](Cc1nc2ccccc2s1)C(=O)O)[C@@H](CS)CC1CC1. The lowest BCUT2D eigenvalue weighted by Crippen LogP contribution is -2.45. The largest absolute Gasteiger partial charge is 0.480 e. The van der Waals surface area contributed by atoms with Crippen molar-refractivity contribution >= 4 is 46.1 Å². The minimum absolute atomic E-state index is 0.198. The molecular weight excluding hydrogens is 344 g/mol. The molecule has 2 aromatic rings. The van der Waals surface area contributed by atoms with E-state index >= 15 is 0 Å². The van der Waals surface area contributed by atoms with E-state index in [0.29, 0.717) is 16.7 Å². The first-order valence-electron chi connectivity index (χ1n) is 8.05. The molecule has 128 valence electrons. The van der Waals surface area contributed by atoms with Gasteiger partial charge in [0.25, 0.3) is 0 Å². The van der Waals surface area contributed by atoms with Gasteiger partial charge in [-0.05, 0) is 24.5 Å². The van der Waals surface area contributed by atoms with Crippen LogP contribution in [-0.4, -0.2) is 33.8 Å². The second kappa shape index (κ2) is 7.53. The number of thiazole rings is 1. The summed E-state index contributed by atoms with van der Waals surface area (Å²) in [5.74, 6) is -0.439. The molecule has 2 N–H and O–H groups in total. The highest BCUT2D eigenvalue weighted by Crippen LogP contribution is 2.35. The zero-order valence-electron chi connectivity index (χ0n) is 13.1. The van der Waals surface area contributed by atoms with Gasteiger partial charge in [-0.3, -0.25) is 4.79 Å². The number of aromatic nitrogens is 1. The van der Waals surface area contributed by atoms with Crippen LogP contribution < -0.4 is 5.32 Å². The average molecular weight is 364 g/mol. The van der Waals surface area contributed by atoms with Gasteiger partial charge in [-0.15, -0.1) is 11.3 Å². The molecule has 5 nitrogen and oxygen atoms in total. The number of nitrogens with zero attached hydrogens (tertiary/aromatic N) is 1. The first-order valence-corrected chi connectivity index (χ1v) is 9.50. The summed E-state index contributed by atoms with van der Waals surface area (Å²) in [5, 5.41) is 12.8. The number of carboxylic acid groups (broad SMARTS) is 1.